The smallest absolute Gasteiger partial charge is 0.240 e. The van der Waals surface area contributed by atoms with Crippen molar-refractivity contribution in [1.29, 1.82) is 0 Å². The van der Waals surface area contributed by atoms with Gasteiger partial charge in [0.05, 0.1) is 24.7 Å². The molecule has 7 nitrogen and oxygen atoms in total. The van der Waals surface area contributed by atoms with Gasteiger partial charge in [0.15, 0.2) is 11.5 Å². The molecule has 0 bridgehead atoms. The van der Waals surface area contributed by atoms with E-state index in [4.69, 9.17) is 14.2 Å². The summed E-state index contributed by atoms with van der Waals surface area (Å²) < 4.78 is 46.1. The van der Waals surface area contributed by atoms with Crippen LogP contribution in [0.5, 0.6) is 17.2 Å². The number of hydrogen-bond donors (Lipinski definition) is 1. The summed E-state index contributed by atoms with van der Waals surface area (Å²) in [6, 6.07) is 13.9. The summed E-state index contributed by atoms with van der Waals surface area (Å²) in [5, 5.41) is 0. The molecule has 1 heterocycles. The van der Waals surface area contributed by atoms with Crippen molar-refractivity contribution in [3.63, 3.8) is 0 Å². The zero-order valence-corrected chi connectivity index (χ0v) is 22.8. The molecule has 2 aromatic rings. The van der Waals surface area contributed by atoms with Gasteiger partial charge in [-0.3, -0.25) is 0 Å². The number of methoxy groups -OCH3 is 1. The molecule has 0 amide bonds. The van der Waals surface area contributed by atoms with Gasteiger partial charge in [0.1, 0.15) is 5.75 Å². The number of piperidine rings is 1. The number of nitrogens with zero attached hydrogens (tertiary/aromatic N) is 1. The number of likely N-dealkylation sites (tertiary alicyclic amines) is 1. The molecule has 8 heteroatoms. The summed E-state index contributed by atoms with van der Waals surface area (Å²) in [5.74, 6) is 2.62. The minimum atomic E-state index is -3.62. The lowest BCUT2D eigenvalue weighted by molar-refractivity contribution is 0.115. The zero-order valence-electron chi connectivity index (χ0n) is 22.0. The molecule has 0 atom stereocenters. The summed E-state index contributed by atoms with van der Waals surface area (Å²) in [7, 11) is -2.10. The van der Waals surface area contributed by atoms with Crippen LogP contribution < -0.4 is 18.9 Å². The molecular weight excluding hydrogens is 488 g/mol. The molecule has 0 unspecified atom stereocenters. The van der Waals surface area contributed by atoms with Crippen LogP contribution in [0.15, 0.2) is 47.4 Å². The first-order valence-corrected chi connectivity index (χ1v) is 15.3. The van der Waals surface area contributed by atoms with Gasteiger partial charge >= 0.3 is 0 Å². The van der Waals surface area contributed by atoms with Crippen LogP contribution in [0, 0.1) is 0 Å². The molecule has 3 fully saturated rings. The van der Waals surface area contributed by atoms with Crippen molar-refractivity contribution in [2.75, 3.05) is 26.8 Å². The molecule has 2 aromatic carbocycles. The van der Waals surface area contributed by atoms with Crippen LogP contribution in [0.1, 0.15) is 69.8 Å². The molecule has 1 aliphatic heterocycles. The van der Waals surface area contributed by atoms with Crippen LogP contribution in [0.25, 0.3) is 0 Å². The van der Waals surface area contributed by atoms with Crippen LogP contribution in [0.4, 0.5) is 0 Å². The van der Waals surface area contributed by atoms with Crippen molar-refractivity contribution in [1.82, 2.24) is 9.62 Å². The van der Waals surface area contributed by atoms with E-state index in [0.29, 0.717) is 36.2 Å². The SMILES string of the molecule is CCOc1ccc(S(=O)(=O)NC2CCC(N3CCC(c4ccccc4OC4CC4)CC3)CC2)cc1OC. The predicted octanol–water partition coefficient (Wildman–Crippen LogP) is 5.10. The monoisotopic (exact) mass is 528 g/mol. The number of benzene rings is 2. The average molecular weight is 529 g/mol. The Bertz CT molecular complexity index is 1150. The molecule has 2 aliphatic carbocycles. The Morgan fingerprint density at radius 3 is 2.30 bits per heavy atom. The van der Waals surface area contributed by atoms with Gasteiger partial charge in [0, 0.05) is 18.2 Å². The molecule has 5 rings (SSSR count). The van der Waals surface area contributed by atoms with E-state index in [1.165, 1.54) is 31.6 Å². The van der Waals surface area contributed by atoms with Gasteiger partial charge in [-0.15, -0.1) is 0 Å². The molecule has 37 heavy (non-hydrogen) atoms. The van der Waals surface area contributed by atoms with Crippen LogP contribution in [-0.2, 0) is 10.0 Å². The molecule has 3 aliphatic rings. The van der Waals surface area contributed by atoms with E-state index in [2.05, 4.69) is 33.9 Å². The summed E-state index contributed by atoms with van der Waals surface area (Å²) in [4.78, 5) is 2.84. The topological polar surface area (TPSA) is 77.1 Å². The Hall–Kier alpha value is -2.29. The number of ether oxygens (including phenoxy) is 3. The molecule has 1 saturated heterocycles. The van der Waals surface area contributed by atoms with E-state index in [-0.39, 0.29) is 10.9 Å². The second-order valence-electron chi connectivity index (χ2n) is 10.5. The maximum Gasteiger partial charge on any atom is 0.240 e. The lowest BCUT2D eigenvalue weighted by Gasteiger charge is -2.41. The molecule has 0 radical (unpaired) electrons. The summed E-state index contributed by atoms with van der Waals surface area (Å²) in [6.07, 6.45) is 8.84. The molecule has 2 saturated carbocycles. The number of nitrogens with one attached hydrogen (secondary N) is 1. The fraction of sp³-hybridized carbons (Fsp3) is 0.586. The highest BCUT2D eigenvalue weighted by Crippen LogP contribution is 2.38. The zero-order chi connectivity index (χ0) is 25.8. The number of rotatable bonds is 10. The third kappa shape index (κ3) is 6.41. The molecule has 1 N–H and O–H groups in total. The van der Waals surface area contributed by atoms with E-state index < -0.39 is 10.0 Å². The third-order valence-corrected chi connectivity index (χ3v) is 9.50. The van der Waals surface area contributed by atoms with Gasteiger partial charge in [-0.05, 0) is 101 Å². The first-order chi connectivity index (χ1) is 18.0. The van der Waals surface area contributed by atoms with E-state index in [1.807, 2.05) is 6.92 Å². The first kappa shape index (κ1) is 26.3. The lowest BCUT2D eigenvalue weighted by atomic mass is 9.85. The maximum atomic E-state index is 13.1. The Morgan fingerprint density at radius 1 is 0.892 bits per heavy atom. The Labute approximate surface area is 221 Å². The van der Waals surface area contributed by atoms with E-state index in [9.17, 15) is 8.42 Å². The standard InChI is InChI=1S/C29H40N2O5S/c1-3-35-28-15-14-25(20-29(28)34-2)37(32,33)30-22-8-10-23(11-9-22)31-18-16-21(17-19-31)26-6-4-5-7-27(26)36-24-12-13-24/h4-7,14-15,20-24,30H,3,8-13,16-19H2,1-2H3. The fourth-order valence-electron chi connectivity index (χ4n) is 5.80. The van der Waals surface area contributed by atoms with Crippen molar-refractivity contribution < 1.29 is 22.6 Å². The Balaban J connectivity index is 1.12. The third-order valence-electron chi connectivity index (χ3n) is 7.99. The number of sulfonamides is 1. The largest absolute Gasteiger partial charge is 0.493 e. The fourth-order valence-corrected chi connectivity index (χ4v) is 7.12. The molecule has 0 aromatic heterocycles. The second kappa shape index (κ2) is 11.6. The summed E-state index contributed by atoms with van der Waals surface area (Å²) in [5.41, 5.74) is 1.37. The van der Waals surface area contributed by atoms with Crippen LogP contribution in [0.3, 0.4) is 0 Å². The van der Waals surface area contributed by atoms with Gasteiger partial charge in [-0.25, -0.2) is 13.1 Å². The Morgan fingerprint density at radius 2 is 1.62 bits per heavy atom. The van der Waals surface area contributed by atoms with Crippen molar-refractivity contribution in [2.24, 2.45) is 0 Å². The molecule has 0 spiro atoms. The van der Waals surface area contributed by atoms with Gasteiger partial charge in [0.2, 0.25) is 10.0 Å². The summed E-state index contributed by atoms with van der Waals surface area (Å²) >= 11 is 0. The molecular formula is C29H40N2O5S. The van der Waals surface area contributed by atoms with Gasteiger partial charge in [-0.1, -0.05) is 18.2 Å². The lowest BCUT2D eigenvalue weighted by Crippen LogP contribution is -2.46. The minimum Gasteiger partial charge on any atom is -0.493 e. The second-order valence-corrected chi connectivity index (χ2v) is 12.3. The van der Waals surface area contributed by atoms with Crippen molar-refractivity contribution >= 4 is 10.0 Å². The quantitative estimate of drug-likeness (QED) is 0.462. The van der Waals surface area contributed by atoms with E-state index in [1.54, 1.807) is 12.1 Å². The van der Waals surface area contributed by atoms with E-state index in [0.717, 1.165) is 57.4 Å². The maximum absolute atomic E-state index is 13.1. The summed E-state index contributed by atoms with van der Waals surface area (Å²) in [6.45, 7) is 4.56. The highest BCUT2D eigenvalue weighted by molar-refractivity contribution is 7.89. The minimum absolute atomic E-state index is 0.0391. The Kier molecular flexibility index (Phi) is 8.27. The first-order valence-electron chi connectivity index (χ1n) is 13.8. The highest BCUT2D eigenvalue weighted by Gasteiger charge is 2.32. The highest BCUT2D eigenvalue weighted by atomic mass is 32.2. The van der Waals surface area contributed by atoms with Gasteiger partial charge < -0.3 is 19.1 Å². The van der Waals surface area contributed by atoms with Crippen molar-refractivity contribution in [3.05, 3.63) is 48.0 Å². The molecule has 202 valence electrons. The number of para-hydroxylation sites is 1. The normalized spacial score (nSPS) is 23.5. The van der Waals surface area contributed by atoms with Crippen molar-refractivity contribution in [2.45, 2.75) is 87.3 Å². The predicted molar refractivity (Wildman–Crippen MR) is 144 cm³/mol. The van der Waals surface area contributed by atoms with Gasteiger partial charge in [-0.2, -0.15) is 0 Å². The average Bonchev–Trinajstić information content (AvgIpc) is 3.74. The van der Waals surface area contributed by atoms with E-state index >= 15 is 0 Å². The van der Waals surface area contributed by atoms with Crippen LogP contribution in [0.2, 0.25) is 0 Å². The van der Waals surface area contributed by atoms with Crippen molar-refractivity contribution in [3.8, 4) is 17.2 Å². The van der Waals surface area contributed by atoms with Gasteiger partial charge in [0.25, 0.3) is 0 Å². The number of hydrogen-bond acceptors (Lipinski definition) is 6. The van der Waals surface area contributed by atoms with Crippen LogP contribution in [-0.4, -0.2) is 58.3 Å². The van der Waals surface area contributed by atoms with Crippen LogP contribution >= 0.6 is 0 Å².